The average molecular weight is 999 g/mol. The fraction of sp³-hybridized carbons (Fsp3) is 0.722. The topological polar surface area (TPSA) is 222 Å². The van der Waals surface area contributed by atoms with Crippen molar-refractivity contribution in [3.8, 4) is 0 Å². The van der Waals surface area contributed by atoms with Crippen LogP contribution in [0.5, 0.6) is 0 Å². The van der Waals surface area contributed by atoms with Crippen molar-refractivity contribution in [2.75, 3.05) is 34.9 Å². The highest BCUT2D eigenvalue weighted by Gasteiger charge is 2.53. The maximum atomic E-state index is 14.5. The summed E-state index contributed by atoms with van der Waals surface area (Å²) in [5.74, 6) is -8.48. The maximum absolute atomic E-state index is 14.5. The van der Waals surface area contributed by atoms with Crippen molar-refractivity contribution in [3.63, 3.8) is 0 Å². The maximum Gasteiger partial charge on any atom is 0.416 e. The molecule has 3 heterocycles. The zero-order valence-electron chi connectivity index (χ0n) is 43.9. The molecule has 3 aliphatic heterocycles. The van der Waals surface area contributed by atoms with Crippen molar-refractivity contribution in [2.45, 2.75) is 180 Å². The van der Waals surface area contributed by atoms with E-state index < -0.39 is 102 Å². The number of fused-ring (bicyclic) bond motifs is 3. The Hall–Kier alpha value is -4.39. The van der Waals surface area contributed by atoms with Gasteiger partial charge in [0, 0.05) is 65.5 Å². The lowest BCUT2D eigenvalue weighted by Crippen LogP contribution is -2.61. The van der Waals surface area contributed by atoms with Crippen LogP contribution < -0.4 is 0 Å². The molecular formula is C54H82N2O15. The molecule has 71 heavy (non-hydrogen) atoms. The van der Waals surface area contributed by atoms with Gasteiger partial charge in [-0.15, -0.1) is 0 Å². The summed E-state index contributed by atoms with van der Waals surface area (Å²) in [5, 5.41) is 23.5. The molecule has 1 aliphatic carbocycles. The van der Waals surface area contributed by atoms with Crippen molar-refractivity contribution < 1.29 is 72.2 Å². The van der Waals surface area contributed by atoms with Gasteiger partial charge in [-0.3, -0.25) is 28.9 Å². The molecule has 17 nitrogen and oxygen atoms in total. The van der Waals surface area contributed by atoms with Gasteiger partial charge in [0.15, 0.2) is 11.6 Å². The van der Waals surface area contributed by atoms with Crippen molar-refractivity contribution in [1.29, 1.82) is 0 Å². The summed E-state index contributed by atoms with van der Waals surface area (Å²) in [5.41, 5.74) is 1.14. The third-order valence-electron chi connectivity index (χ3n) is 15.2. The monoisotopic (exact) mass is 999 g/mol. The van der Waals surface area contributed by atoms with Gasteiger partial charge in [-0.2, -0.15) is 0 Å². The fourth-order valence-corrected chi connectivity index (χ4v) is 10.5. The van der Waals surface area contributed by atoms with Crippen LogP contribution >= 0.6 is 0 Å². The number of ketones is 3. The number of cyclic esters (lactones) is 1. The molecule has 15 atom stereocenters. The molecule has 2 saturated heterocycles. The molecular weight excluding hydrogens is 917 g/mol. The molecule has 3 amide bonds. The van der Waals surface area contributed by atoms with E-state index in [0.717, 1.165) is 15.4 Å². The van der Waals surface area contributed by atoms with Crippen LogP contribution in [-0.2, 0) is 57.2 Å². The van der Waals surface area contributed by atoms with E-state index in [1.807, 2.05) is 51.2 Å². The summed E-state index contributed by atoms with van der Waals surface area (Å²) in [7, 11) is 5.75. The number of aliphatic hydroxyl groups excluding tert-OH is 1. The highest BCUT2D eigenvalue weighted by Crippen LogP contribution is 2.38. The van der Waals surface area contributed by atoms with Gasteiger partial charge in [0.05, 0.1) is 24.4 Å². The molecule has 4 rings (SSSR count). The fourth-order valence-electron chi connectivity index (χ4n) is 10.5. The summed E-state index contributed by atoms with van der Waals surface area (Å²) in [6.07, 6.45) is 9.64. The summed E-state index contributed by atoms with van der Waals surface area (Å²) in [6, 6.07) is -1.19. The van der Waals surface area contributed by atoms with E-state index in [0.29, 0.717) is 70.6 Å². The molecule has 17 heteroatoms. The Bertz CT molecular complexity index is 1980. The van der Waals surface area contributed by atoms with E-state index in [1.54, 1.807) is 40.9 Å². The lowest BCUT2D eigenvalue weighted by atomic mass is 9.78. The van der Waals surface area contributed by atoms with Gasteiger partial charge < -0.3 is 43.5 Å². The molecule has 0 aromatic heterocycles. The zero-order valence-corrected chi connectivity index (χ0v) is 43.9. The van der Waals surface area contributed by atoms with Crippen LogP contribution in [0.4, 0.5) is 4.79 Å². The summed E-state index contributed by atoms with van der Waals surface area (Å²) in [6.45, 7) is 12.6. The van der Waals surface area contributed by atoms with Crippen LogP contribution in [0.3, 0.4) is 0 Å². The first kappa shape index (κ1) is 59.2. The Kier molecular flexibility index (Phi) is 23.0. The second kappa shape index (κ2) is 27.6. The minimum atomic E-state index is -2.46. The number of methoxy groups -OCH3 is 3. The molecule has 0 spiro atoms. The second-order valence-corrected chi connectivity index (χ2v) is 20.7. The molecule has 2 bridgehead atoms. The Morgan fingerprint density at radius 2 is 1.63 bits per heavy atom. The Morgan fingerprint density at radius 3 is 2.30 bits per heavy atom. The van der Waals surface area contributed by atoms with E-state index >= 15 is 0 Å². The van der Waals surface area contributed by atoms with E-state index in [9.17, 15) is 43.8 Å². The number of hydrogen-bond donors (Lipinski definition) is 2. The van der Waals surface area contributed by atoms with Gasteiger partial charge in [-0.25, -0.2) is 9.59 Å². The molecule has 0 aromatic rings. The number of rotatable bonds is 8. The molecule has 0 radical (unpaired) electrons. The lowest BCUT2D eigenvalue weighted by Gasteiger charge is -2.42. The quantitative estimate of drug-likeness (QED) is 0.152. The number of imide groups is 1. The first-order valence-corrected chi connectivity index (χ1v) is 25.5. The highest BCUT2D eigenvalue weighted by molar-refractivity contribution is 6.39. The zero-order chi connectivity index (χ0) is 52.7. The van der Waals surface area contributed by atoms with E-state index in [-0.39, 0.29) is 48.4 Å². The van der Waals surface area contributed by atoms with Crippen LogP contribution in [0.15, 0.2) is 47.6 Å². The Morgan fingerprint density at radius 1 is 0.915 bits per heavy atom. The third kappa shape index (κ3) is 15.8. The van der Waals surface area contributed by atoms with Crippen LogP contribution in [0.25, 0.3) is 0 Å². The van der Waals surface area contributed by atoms with Gasteiger partial charge in [-0.05, 0) is 107 Å². The standard InChI is InChI=1S/C54H82N2O15/c1-32-17-13-12-14-18-33(2)44(66-9)29-40-22-20-38(7)54(65,71-40)50(61)51(62)56-24-16-15-19-41(56)52(63)69-45(30-42(58)34(3)26-37(6)48(60)49(68-11)47(59)36(5)25-32)35(4)27-39-21-23-43(46(28-39)67-10)70-53(64)55(8)31-57/h12-14,17-18,26,31-32,35-41,43-46,48-49,60,65H,15-16,19-25,27-30H2,1-11H3/t32-,35-,36?,37?,38-,39+,40+,41+,43-,44+,45+,46-,48-,49?,54-/m1/s1. The van der Waals surface area contributed by atoms with Crippen molar-refractivity contribution >= 4 is 41.7 Å². The number of esters is 1. The van der Waals surface area contributed by atoms with Crippen molar-refractivity contribution in [3.05, 3.63) is 47.6 Å². The smallest absolute Gasteiger partial charge is 0.416 e. The number of carbonyl (C=O) groups excluding carboxylic acids is 7. The number of Topliss-reactive ketones (excluding diaryl/α,β-unsaturated/α-hetero) is 3. The summed E-state index contributed by atoms with van der Waals surface area (Å²) in [4.78, 5) is 96.7. The first-order valence-electron chi connectivity index (χ1n) is 25.5. The number of allylic oxidation sites excluding steroid dienone is 6. The number of hydrogen-bond acceptors (Lipinski definition) is 15. The SMILES string of the molecule is COC1C(=O)C(C)C[C@H](C)C=CC=CC=C(C)[C@@H](OC)C[C@@H]2CC[C@@H](C)[C@@](O)(O2)C(=O)C(=O)N2CCCC[C@H]2C(=O)O[C@H]([C@H](C)C[C@@H]2CC[C@@H](OC(=O)N(C)C=O)[C@H](OC)C2)CC(=O)C(C)=CC(C)[C@H]1O. The predicted octanol–water partition coefficient (Wildman–Crippen LogP) is 6.41. The van der Waals surface area contributed by atoms with Crippen LogP contribution in [0, 0.1) is 35.5 Å². The molecule has 1 saturated carbocycles. The van der Waals surface area contributed by atoms with Gasteiger partial charge in [0.2, 0.25) is 12.2 Å². The molecule has 4 aliphatic rings. The molecule has 3 fully saturated rings. The molecule has 2 N–H and O–H groups in total. The van der Waals surface area contributed by atoms with E-state index in [2.05, 4.69) is 0 Å². The van der Waals surface area contributed by atoms with E-state index in [1.165, 1.54) is 21.3 Å². The third-order valence-corrected chi connectivity index (χ3v) is 15.2. The summed E-state index contributed by atoms with van der Waals surface area (Å²) < 4.78 is 35.2. The van der Waals surface area contributed by atoms with Crippen LogP contribution in [0.1, 0.15) is 126 Å². The van der Waals surface area contributed by atoms with Gasteiger partial charge in [0.1, 0.15) is 24.4 Å². The summed E-state index contributed by atoms with van der Waals surface area (Å²) >= 11 is 0. The van der Waals surface area contributed by atoms with Crippen molar-refractivity contribution in [2.24, 2.45) is 35.5 Å². The normalized spacial score (nSPS) is 35.4. The highest BCUT2D eigenvalue weighted by atomic mass is 16.6. The number of aliphatic hydroxyl groups is 2. The first-order chi connectivity index (χ1) is 33.6. The van der Waals surface area contributed by atoms with Crippen LogP contribution in [-0.4, -0.2) is 151 Å². The van der Waals surface area contributed by atoms with Crippen molar-refractivity contribution in [1.82, 2.24) is 9.80 Å². The number of amides is 3. The largest absolute Gasteiger partial charge is 0.460 e. The number of piperidine rings is 1. The average Bonchev–Trinajstić information content (AvgIpc) is 3.35. The van der Waals surface area contributed by atoms with Crippen LogP contribution in [0.2, 0.25) is 0 Å². The Balaban J connectivity index is 1.70. The number of nitrogens with zero attached hydrogens (tertiary/aromatic N) is 2. The van der Waals surface area contributed by atoms with Gasteiger partial charge in [-0.1, -0.05) is 71.1 Å². The minimum Gasteiger partial charge on any atom is -0.460 e. The number of carbonyl (C=O) groups is 7. The van der Waals surface area contributed by atoms with Gasteiger partial charge in [0.25, 0.3) is 11.7 Å². The predicted molar refractivity (Wildman–Crippen MR) is 263 cm³/mol. The lowest BCUT2D eigenvalue weighted by molar-refractivity contribution is -0.265. The number of ether oxygens (including phenoxy) is 6. The second-order valence-electron chi connectivity index (χ2n) is 20.7. The Labute approximate surface area is 420 Å². The minimum absolute atomic E-state index is 0.000262. The molecule has 0 aromatic carbocycles. The molecule has 3 unspecified atom stereocenters. The van der Waals surface area contributed by atoms with E-state index in [4.69, 9.17) is 28.4 Å². The van der Waals surface area contributed by atoms with Gasteiger partial charge >= 0.3 is 12.1 Å². The molecule has 398 valence electrons.